The van der Waals surface area contributed by atoms with Crippen LogP contribution in [0.2, 0.25) is 0 Å². The molecule has 2 aliphatic rings. The number of benzene rings is 1. The summed E-state index contributed by atoms with van der Waals surface area (Å²) in [6.07, 6.45) is 4.98. The number of carbonyl (C=O) groups is 1. The molecule has 1 aromatic carbocycles. The van der Waals surface area contributed by atoms with Gasteiger partial charge in [0.25, 0.3) is 5.56 Å². The number of aryl methyl sites for hydroxylation is 2. The van der Waals surface area contributed by atoms with Crippen LogP contribution in [0.3, 0.4) is 0 Å². The number of nitrogens with zero attached hydrogens (tertiary/aromatic N) is 5. The van der Waals surface area contributed by atoms with E-state index in [4.69, 9.17) is 4.98 Å². The third-order valence-electron chi connectivity index (χ3n) is 6.79. The number of piperidine rings is 1. The number of amides is 1. The zero-order chi connectivity index (χ0) is 21.5. The number of rotatable bonds is 4. The van der Waals surface area contributed by atoms with Gasteiger partial charge in [0.1, 0.15) is 5.82 Å². The quantitative estimate of drug-likeness (QED) is 0.700. The minimum atomic E-state index is -0.269. The van der Waals surface area contributed by atoms with Gasteiger partial charge in [-0.1, -0.05) is 35.4 Å². The SMILES string of the molecule is Cc1ccc(C)c(Cn2nnc3c(=O)[nH]c([C@@H]4CCCN(C(=O)C5CCC5)C4)nc32)c1. The highest BCUT2D eigenvalue weighted by Crippen LogP contribution is 2.31. The first-order chi connectivity index (χ1) is 15.0. The number of carbonyl (C=O) groups excluding carboxylic acids is 1. The van der Waals surface area contributed by atoms with Crippen LogP contribution in [0.1, 0.15) is 60.5 Å². The van der Waals surface area contributed by atoms with Crippen molar-refractivity contribution in [1.29, 1.82) is 0 Å². The van der Waals surface area contributed by atoms with Crippen LogP contribution in [0.5, 0.6) is 0 Å². The normalized spacial score (nSPS) is 19.5. The van der Waals surface area contributed by atoms with Crippen LogP contribution in [0.4, 0.5) is 0 Å². The number of fused-ring (bicyclic) bond motifs is 1. The van der Waals surface area contributed by atoms with E-state index >= 15 is 0 Å². The summed E-state index contributed by atoms with van der Waals surface area (Å²) in [6.45, 7) is 6.04. The van der Waals surface area contributed by atoms with E-state index < -0.39 is 0 Å². The Bertz CT molecular complexity index is 1190. The molecule has 0 spiro atoms. The van der Waals surface area contributed by atoms with Crippen molar-refractivity contribution in [1.82, 2.24) is 29.9 Å². The van der Waals surface area contributed by atoms with Crippen LogP contribution < -0.4 is 5.56 Å². The van der Waals surface area contributed by atoms with E-state index in [1.54, 1.807) is 4.68 Å². The van der Waals surface area contributed by atoms with Gasteiger partial charge in [-0.25, -0.2) is 9.67 Å². The molecular weight excluding hydrogens is 392 g/mol. The Labute approximate surface area is 180 Å². The van der Waals surface area contributed by atoms with E-state index in [0.717, 1.165) is 49.8 Å². The molecule has 8 heteroatoms. The fourth-order valence-electron chi connectivity index (χ4n) is 4.63. The summed E-state index contributed by atoms with van der Waals surface area (Å²) in [7, 11) is 0. The third-order valence-corrected chi connectivity index (χ3v) is 6.79. The van der Waals surface area contributed by atoms with Gasteiger partial charge in [0.2, 0.25) is 5.91 Å². The van der Waals surface area contributed by atoms with Gasteiger partial charge in [-0.2, -0.15) is 0 Å². The van der Waals surface area contributed by atoms with Crippen LogP contribution in [0, 0.1) is 19.8 Å². The first-order valence-electron chi connectivity index (χ1n) is 11.2. The van der Waals surface area contributed by atoms with Crippen LogP contribution in [-0.2, 0) is 11.3 Å². The second-order valence-electron chi connectivity index (χ2n) is 9.05. The molecule has 3 aromatic rings. The molecule has 1 amide bonds. The van der Waals surface area contributed by atoms with Gasteiger partial charge in [-0.15, -0.1) is 5.10 Å². The highest BCUT2D eigenvalue weighted by Gasteiger charge is 2.33. The Morgan fingerprint density at radius 1 is 1.19 bits per heavy atom. The highest BCUT2D eigenvalue weighted by molar-refractivity contribution is 5.79. The number of H-pyrrole nitrogens is 1. The molecular formula is C23H28N6O2. The van der Waals surface area contributed by atoms with Gasteiger partial charge in [-0.05, 0) is 50.7 Å². The van der Waals surface area contributed by atoms with Crippen LogP contribution in [0.25, 0.3) is 11.2 Å². The van der Waals surface area contributed by atoms with Crippen molar-refractivity contribution in [2.75, 3.05) is 13.1 Å². The standard InChI is InChI=1S/C23H28N6O2/c1-14-8-9-15(2)18(11-14)13-29-21-19(26-27-29)22(30)25-20(24-21)17-7-4-10-28(12-17)23(31)16-5-3-6-16/h8-9,11,16-17H,3-7,10,12-13H2,1-2H3,(H,24,25,30)/t17-/m1/s1. The molecule has 1 aliphatic heterocycles. The second kappa shape index (κ2) is 7.90. The minimum Gasteiger partial charge on any atom is -0.342 e. The van der Waals surface area contributed by atoms with Gasteiger partial charge in [0.15, 0.2) is 11.2 Å². The van der Waals surface area contributed by atoms with E-state index in [1.165, 1.54) is 5.56 Å². The van der Waals surface area contributed by atoms with E-state index in [2.05, 4.69) is 47.3 Å². The van der Waals surface area contributed by atoms with Gasteiger partial charge in [0, 0.05) is 24.9 Å². The maximum absolute atomic E-state index is 12.7. The number of hydrogen-bond donors (Lipinski definition) is 1. The molecule has 8 nitrogen and oxygen atoms in total. The number of aromatic amines is 1. The lowest BCUT2D eigenvalue weighted by Gasteiger charge is -2.36. The molecule has 0 unspecified atom stereocenters. The Kier molecular flexibility index (Phi) is 5.08. The topological polar surface area (TPSA) is 96.8 Å². The van der Waals surface area contributed by atoms with Crippen molar-refractivity contribution in [3.8, 4) is 0 Å². The molecule has 0 radical (unpaired) electrons. The summed E-state index contributed by atoms with van der Waals surface area (Å²) in [4.78, 5) is 35.1. The van der Waals surface area contributed by atoms with Crippen molar-refractivity contribution >= 4 is 17.1 Å². The summed E-state index contributed by atoms with van der Waals surface area (Å²) in [5.41, 5.74) is 3.96. The summed E-state index contributed by atoms with van der Waals surface area (Å²) in [6, 6.07) is 6.30. The third kappa shape index (κ3) is 3.75. The molecule has 3 heterocycles. The summed E-state index contributed by atoms with van der Waals surface area (Å²) in [5.74, 6) is 1.12. The molecule has 1 atom stereocenters. The van der Waals surface area contributed by atoms with Crippen molar-refractivity contribution in [2.45, 2.75) is 58.4 Å². The average Bonchev–Trinajstić information content (AvgIpc) is 3.13. The van der Waals surface area contributed by atoms with Crippen molar-refractivity contribution < 1.29 is 4.79 Å². The number of hydrogen-bond acceptors (Lipinski definition) is 5. The largest absolute Gasteiger partial charge is 0.342 e. The number of likely N-dealkylation sites (tertiary alicyclic amines) is 1. The average molecular weight is 421 g/mol. The first kappa shape index (κ1) is 19.9. The molecule has 31 heavy (non-hydrogen) atoms. The predicted molar refractivity (Wildman–Crippen MR) is 117 cm³/mol. The van der Waals surface area contributed by atoms with Gasteiger partial charge in [0.05, 0.1) is 6.54 Å². The maximum Gasteiger partial charge on any atom is 0.281 e. The smallest absolute Gasteiger partial charge is 0.281 e. The Hall–Kier alpha value is -3.03. The van der Waals surface area contributed by atoms with Crippen molar-refractivity contribution in [2.24, 2.45) is 5.92 Å². The zero-order valence-corrected chi connectivity index (χ0v) is 18.1. The summed E-state index contributed by atoms with van der Waals surface area (Å²) >= 11 is 0. The number of aromatic nitrogens is 5. The molecule has 0 bridgehead atoms. The van der Waals surface area contributed by atoms with Gasteiger partial charge in [-0.3, -0.25) is 9.59 Å². The molecule has 5 rings (SSSR count). The van der Waals surface area contributed by atoms with E-state index in [-0.39, 0.29) is 28.8 Å². The van der Waals surface area contributed by atoms with E-state index in [9.17, 15) is 9.59 Å². The molecule has 1 saturated heterocycles. The first-order valence-corrected chi connectivity index (χ1v) is 11.2. The lowest BCUT2D eigenvalue weighted by Crippen LogP contribution is -2.44. The molecule has 1 N–H and O–H groups in total. The fraction of sp³-hybridized carbons (Fsp3) is 0.522. The van der Waals surface area contributed by atoms with E-state index in [0.29, 0.717) is 24.6 Å². The highest BCUT2D eigenvalue weighted by atomic mass is 16.2. The minimum absolute atomic E-state index is 0.0268. The van der Waals surface area contributed by atoms with Crippen LogP contribution >= 0.6 is 0 Å². The van der Waals surface area contributed by atoms with E-state index in [1.807, 2.05) is 4.90 Å². The fourth-order valence-corrected chi connectivity index (χ4v) is 4.63. The molecule has 2 aromatic heterocycles. The van der Waals surface area contributed by atoms with Gasteiger partial charge < -0.3 is 9.88 Å². The Morgan fingerprint density at radius 2 is 2.03 bits per heavy atom. The van der Waals surface area contributed by atoms with Crippen molar-refractivity contribution in [3.63, 3.8) is 0 Å². The number of nitrogens with one attached hydrogen (secondary N) is 1. The summed E-state index contributed by atoms with van der Waals surface area (Å²) < 4.78 is 1.70. The summed E-state index contributed by atoms with van der Waals surface area (Å²) in [5, 5.41) is 8.29. The molecule has 1 aliphatic carbocycles. The lowest BCUT2D eigenvalue weighted by molar-refractivity contribution is -0.139. The van der Waals surface area contributed by atoms with Crippen molar-refractivity contribution in [3.05, 3.63) is 51.1 Å². The maximum atomic E-state index is 12.7. The molecule has 2 fully saturated rings. The predicted octanol–water partition coefficient (Wildman–Crippen LogP) is 2.69. The second-order valence-corrected chi connectivity index (χ2v) is 9.05. The lowest BCUT2D eigenvalue weighted by atomic mass is 9.83. The molecule has 162 valence electrons. The van der Waals surface area contributed by atoms with Crippen LogP contribution in [0.15, 0.2) is 23.0 Å². The van der Waals surface area contributed by atoms with Gasteiger partial charge >= 0.3 is 0 Å². The Balaban J connectivity index is 1.44. The zero-order valence-electron chi connectivity index (χ0n) is 18.1. The molecule has 1 saturated carbocycles. The monoisotopic (exact) mass is 420 g/mol. The van der Waals surface area contributed by atoms with Crippen LogP contribution in [-0.4, -0.2) is 48.9 Å². The Morgan fingerprint density at radius 3 is 2.81 bits per heavy atom.